The van der Waals surface area contributed by atoms with Gasteiger partial charge in [-0.2, -0.15) is 5.10 Å². The number of carbonyl (C=O) groups is 1. The fourth-order valence-corrected chi connectivity index (χ4v) is 1.45. The molecule has 0 atom stereocenters. The molecule has 0 radical (unpaired) electrons. The molecule has 17 heavy (non-hydrogen) atoms. The van der Waals surface area contributed by atoms with E-state index in [0.29, 0.717) is 16.5 Å². The van der Waals surface area contributed by atoms with Gasteiger partial charge in [0.05, 0.1) is 12.8 Å². The largest absolute Gasteiger partial charge is 0.495 e. The molecule has 0 bridgehead atoms. The molecule has 2 rings (SSSR count). The molecular weight excluding hydrogens is 244 g/mol. The van der Waals surface area contributed by atoms with Crippen molar-refractivity contribution in [3.05, 3.63) is 35.4 Å². The van der Waals surface area contributed by atoms with Crippen LogP contribution >= 0.6 is 11.6 Å². The molecule has 0 saturated heterocycles. The second-order valence-electron chi connectivity index (χ2n) is 3.13. The van der Waals surface area contributed by atoms with Crippen molar-refractivity contribution >= 4 is 23.2 Å². The number of anilines is 1. The molecule has 0 aliphatic rings. The zero-order chi connectivity index (χ0) is 12.3. The van der Waals surface area contributed by atoms with E-state index in [9.17, 15) is 4.79 Å². The monoisotopic (exact) mass is 252 g/mol. The highest BCUT2D eigenvalue weighted by molar-refractivity contribution is 6.31. The van der Waals surface area contributed by atoms with Crippen molar-refractivity contribution in [2.45, 2.75) is 0 Å². The summed E-state index contributed by atoms with van der Waals surface area (Å²) in [6.07, 6.45) is 1.25. The Morgan fingerprint density at radius 3 is 3.00 bits per heavy atom. The van der Waals surface area contributed by atoms with Gasteiger partial charge in [0.15, 0.2) is 0 Å². The number of hydrogen-bond acceptors (Lipinski definition) is 4. The van der Waals surface area contributed by atoms with Crippen LogP contribution in [0.25, 0.3) is 0 Å². The standard InChI is InChI=1S/C10H9ClN4O2/c1-17-8-3-2-6(11)4-7(8)14-10(16)9-12-5-13-15-9/h2-5H,1H3,(H,14,16)(H,12,13,15). The van der Waals surface area contributed by atoms with E-state index in [1.165, 1.54) is 13.4 Å². The van der Waals surface area contributed by atoms with E-state index in [2.05, 4.69) is 20.5 Å². The van der Waals surface area contributed by atoms with Gasteiger partial charge in [-0.3, -0.25) is 9.89 Å². The van der Waals surface area contributed by atoms with Crippen molar-refractivity contribution in [2.24, 2.45) is 0 Å². The fraction of sp³-hybridized carbons (Fsp3) is 0.100. The van der Waals surface area contributed by atoms with Gasteiger partial charge in [0.2, 0.25) is 5.82 Å². The molecule has 0 saturated carbocycles. The van der Waals surface area contributed by atoms with Crippen LogP contribution < -0.4 is 10.1 Å². The van der Waals surface area contributed by atoms with Gasteiger partial charge < -0.3 is 10.1 Å². The van der Waals surface area contributed by atoms with E-state index in [4.69, 9.17) is 16.3 Å². The molecule has 6 nitrogen and oxygen atoms in total. The summed E-state index contributed by atoms with van der Waals surface area (Å²) in [7, 11) is 1.51. The summed E-state index contributed by atoms with van der Waals surface area (Å²) in [5.74, 6) is 0.220. The smallest absolute Gasteiger partial charge is 0.293 e. The van der Waals surface area contributed by atoms with E-state index in [0.717, 1.165) is 0 Å². The van der Waals surface area contributed by atoms with Gasteiger partial charge in [-0.05, 0) is 18.2 Å². The molecule has 0 aliphatic heterocycles. The van der Waals surface area contributed by atoms with Crippen LogP contribution in [0.15, 0.2) is 24.5 Å². The van der Waals surface area contributed by atoms with Crippen LogP contribution in [0.3, 0.4) is 0 Å². The first-order chi connectivity index (χ1) is 8.20. The maximum Gasteiger partial charge on any atom is 0.293 e. The van der Waals surface area contributed by atoms with Gasteiger partial charge in [-0.15, -0.1) is 0 Å². The van der Waals surface area contributed by atoms with Crippen LogP contribution in [0.1, 0.15) is 10.6 Å². The molecule has 0 spiro atoms. The lowest BCUT2D eigenvalue weighted by Gasteiger charge is -2.09. The number of amides is 1. The van der Waals surface area contributed by atoms with Gasteiger partial charge >= 0.3 is 0 Å². The summed E-state index contributed by atoms with van der Waals surface area (Å²) in [4.78, 5) is 15.4. The summed E-state index contributed by atoms with van der Waals surface area (Å²) in [5.41, 5.74) is 0.474. The number of methoxy groups -OCH3 is 1. The Morgan fingerprint density at radius 1 is 1.53 bits per heavy atom. The number of hydrogen-bond donors (Lipinski definition) is 2. The Kier molecular flexibility index (Phi) is 3.24. The van der Waals surface area contributed by atoms with Crippen LogP contribution in [0, 0.1) is 0 Å². The number of rotatable bonds is 3. The molecule has 1 aromatic carbocycles. The van der Waals surface area contributed by atoms with E-state index < -0.39 is 5.91 Å². The molecule has 0 aliphatic carbocycles. The molecule has 88 valence electrons. The number of ether oxygens (including phenoxy) is 1. The summed E-state index contributed by atoms with van der Waals surface area (Å²) in [5, 5.41) is 9.17. The minimum absolute atomic E-state index is 0.118. The highest BCUT2D eigenvalue weighted by atomic mass is 35.5. The number of halogens is 1. The molecule has 2 N–H and O–H groups in total. The zero-order valence-corrected chi connectivity index (χ0v) is 9.65. The SMILES string of the molecule is COc1ccc(Cl)cc1NC(=O)c1ncn[nH]1. The fourth-order valence-electron chi connectivity index (χ4n) is 1.27. The third-order valence-corrected chi connectivity index (χ3v) is 2.27. The van der Waals surface area contributed by atoms with Crippen LogP contribution in [0.5, 0.6) is 5.75 Å². The van der Waals surface area contributed by atoms with Crippen LogP contribution in [-0.4, -0.2) is 28.2 Å². The van der Waals surface area contributed by atoms with Gasteiger partial charge in [0.25, 0.3) is 5.91 Å². The van der Waals surface area contributed by atoms with Gasteiger partial charge in [-0.25, -0.2) is 4.98 Å². The summed E-state index contributed by atoms with van der Waals surface area (Å²) in [6.45, 7) is 0. The van der Waals surface area contributed by atoms with Crippen molar-refractivity contribution in [1.82, 2.24) is 15.2 Å². The maximum absolute atomic E-state index is 11.7. The van der Waals surface area contributed by atoms with Crippen molar-refractivity contribution < 1.29 is 9.53 Å². The van der Waals surface area contributed by atoms with E-state index in [1.54, 1.807) is 18.2 Å². The third kappa shape index (κ3) is 2.54. The third-order valence-electron chi connectivity index (χ3n) is 2.04. The van der Waals surface area contributed by atoms with Gasteiger partial charge in [0, 0.05) is 5.02 Å². The lowest BCUT2D eigenvalue weighted by Crippen LogP contribution is -2.14. The number of aromatic nitrogens is 3. The number of H-pyrrole nitrogens is 1. The van der Waals surface area contributed by atoms with Crippen LogP contribution in [-0.2, 0) is 0 Å². The highest BCUT2D eigenvalue weighted by Gasteiger charge is 2.12. The molecule has 0 fully saturated rings. The van der Waals surface area contributed by atoms with Crippen molar-refractivity contribution in [3.63, 3.8) is 0 Å². The second kappa shape index (κ2) is 4.84. The Balaban J connectivity index is 2.23. The summed E-state index contributed by atoms with van der Waals surface area (Å²) >= 11 is 5.84. The Hall–Kier alpha value is -2.08. The second-order valence-corrected chi connectivity index (χ2v) is 3.57. The molecule has 1 amide bonds. The predicted molar refractivity (Wildman–Crippen MR) is 62.3 cm³/mol. The number of benzene rings is 1. The lowest BCUT2D eigenvalue weighted by atomic mass is 10.3. The Morgan fingerprint density at radius 2 is 2.35 bits per heavy atom. The minimum Gasteiger partial charge on any atom is -0.495 e. The normalized spacial score (nSPS) is 10.0. The Labute approximate surface area is 102 Å². The molecular formula is C10H9ClN4O2. The van der Waals surface area contributed by atoms with Crippen LogP contribution in [0.4, 0.5) is 5.69 Å². The number of nitrogens with one attached hydrogen (secondary N) is 2. The van der Waals surface area contributed by atoms with Crippen molar-refractivity contribution in [1.29, 1.82) is 0 Å². The first-order valence-corrected chi connectivity index (χ1v) is 5.09. The predicted octanol–water partition coefficient (Wildman–Crippen LogP) is 1.72. The molecule has 2 aromatic rings. The van der Waals surface area contributed by atoms with Gasteiger partial charge in [0.1, 0.15) is 12.1 Å². The Bertz CT molecular complexity index is 527. The van der Waals surface area contributed by atoms with E-state index >= 15 is 0 Å². The van der Waals surface area contributed by atoms with Gasteiger partial charge in [-0.1, -0.05) is 11.6 Å². The summed E-state index contributed by atoms with van der Waals surface area (Å²) < 4.78 is 5.10. The zero-order valence-electron chi connectivity index (χ0n) is 8.90. The molecule has 1 aromatic heterocycles. The maximum atomic E-state index is 11.7. The number of aromatic amines is 1. The molecule has 7 heteroatoms. The van der Waals surface area contributed by atoms with Crippen molar-refractivity contribution in [3.8, 4) is 5.75 Å². The average molecular weight is 253 g/mol. The van der Waals surface area contributed by atoms with Crippen molar-refractivity contribution in [2.75, 3.05) is 12.4 Å². The lowest BCUT2D eigenvalue weighted by molar-refractivity contribution is 0.101. The molecule has 1 heterocycles. The molecule has 0 unspecified atom stereocenters. The quantitative estimate of drug-likeness (QED) is 0.872. The van der Waals surface area contributed by atoms with E-state index in [-0.39, 0.29) is 5.82 Å². The van der Waals surface area contributed by atoms with Crippen LogP contribution in [0.2, 0.25) is 5.02 Å². The van der Waals surface area contributed by atoms with E-state index in [1.807, 2.05) is 0 Å². The minimum atomic E-state index is -0.414. The first kappa shape index (κ1) is 11.4. The first-order valence-electron chi connectivity index (χ1n) is 4.71. The number of carbonyl (C=O) groups excluding carboxylic acids is 1. The number of nitrogens with zero attached hydrogens (tertiary/aromatic N) is 2. The topological polar surface area (TPSA) is 79.9 Å². The average Bonchev–Trinajstić information content (AvgIpc) is 2.83. The summed E-state index contributed by atoms with van der Waals surface area (Å²) in [6, 6.07) is 4.93. The highest BCUT2D eigenvalue weighted by Crippen LogP contribution is 2.27.